The number of hydrogen-bond donors (Lipinski definition) is 1. The Morgan fingerprint density at radius 3 is 2.35 bits per heavy atom. The Bertz CT molecular complexity index is 558. The lowest BCUT2D eigenvalue weighted by atomic mass is 9.98. The molecule has 0 aliphatic heterocycles. The molecule has 1 N–H and O–H groups in total. The molecule has 0 aromatic heterocycles. The van der Waals surface area contributed by atoms with Crippen LogP contribution in [0.4, 0.5) is 0 Å². The summed E-state index contributed by atoms with van der Waals surface area (Å²) in [7, 11) is 0. The molecule has 0 amide bonds. The molecule has 2 aromatic rings. The van der Waals surface area contributed by atoms with Gasteiger partial charge in [-0.15, -0.1) is 0 Å². The Hall–Kier alpha value is -1.31. The summed E-state index contributed by atoms with van der Waals surface area (Å²) in [5.74, 6) is 0. The van der Waals surface area contributed by atoms with E-state index in [0.29, 0.717) is 6.04 Å². The Morgan fingerprint density at radius 1 is 1.05 bits per heavy atom. The molecular weight excluding hydrogens is 266 g/mol. The van der Waals surface area contributed by atoms with Gasteiger partial charge in [-0.25, -0.2) is 0 Å². The van der Waals surface area contributed by atoms with Crippen molar-refractivity contribution in [1.82, 2.24) is 5.32 Å². The quantitative estimate of drug-likeness (QED) is 0.810. The second-order valence-corrected chi connectivity index (χ2v) is 5.82. The van der Waals surface area contributed by atoms with Crippen molar-refractivity contribution in [3.8, 4) is 11.1 Å². The van der Waals surface area contributed by atoms with E-state index in [-0.39, 0.29) is 0 Å². The Morgan fingerprint density at radius 2 is 1.75 bits per heavy atom. The molecule has 0 bridgehead atoms. The molecule has 2 heteroatoms. The van der Waals surface area contributed by atoms with Gasteiger partial charge in [-0.2, -0.15) is 0 Å². The molecule has 1 nitrogen and oxygen atoms in total. The second kappa shape index (κ2) is 6.92. The minimum atomic E-state index is 0.473. The van der Waals surface area contributed by atoms with Gasteiger partial charge in [0.1, 0.15) is 0 Å². The number of benzene rings is 2. The molecule has 0 aliphatic rings. The number of hydrogen-bond acceptors (Lipinski definition) is 1. The topological polar surface area (TPSA) is 12.0 Å². The van der Waals surface area contributed by atoms with E-state index >= 15 is 0 Å². The van der Waals surface area contributed by atoms with Gasteiger partial charge in [-0.3, -0.25) is 0 Å². The maximum Gasteiger partial charge on any atom is 0.0412 e. The molecule has 0 spiro atoms. The zero-order valence-corrected chi connectivity index (χ0v) is 13.2. The van der Waals surface area contributed by atoms with Crippen LogP contribution >= 0.6 is 11.6 Å². The standard InChI is InChI=1S/C18H22ClN/c1-4-14-5-7-15(8-6-14)18-11-17(19)10-9-16(18)12-20-13(2)3/h5-11,13,20H,4,12H2,1-3H3. The first kappa shape index (κ1) is 15.1. The van der Waals surface area contributed by atoms with Crippen molar-refractivity contribution in [2.45, 2.75) is 39.8 Å². The monoisotopic (exact) mass is 287 g/mol. The van der Waals surface area contributed by atoms with Gasteiger partial charge in [0.25, 0.3) is 0 Å². The third-order valence-electron chi connectivity index (χ3n) is 3.45. The van der Waals surface area contributed by atoms with Gasteiger partial charge in [-0.1, -0.05) is 62.7 Å². The van der Waals surface area contributed by atoms with E-state index in [1.165, 1.54) is 22.3 Å². The lowest BCUT2D eigenvalue weighted by Gasteiger charge is -2.14. The smallest absolute Gasteiger partial charge is 0.0412 e. The molecular formula is C18H22ClN. The van der Waals surface area contributed by atoms with Crippen LogP contribution in [-0.2, 0) is 13.0 Å². The first-order chi connectivity index (χ1) is 9.60. The first-order valence-electron chi connectivity index (χ1n) is 7.21. The van der Waals surface area contributed by atoms with E-state index in [0.717, 1.165) is 18.0 Å². The summed E-state index contributed by atoms with van der Waals surface area (Å²) in [6.45, 7) is 7.35. The Labute approximate surface area is 127 Å². The molecule has 0 atom stereocenters. The van der Waals surface area contributed by atoms with E-state index in [4.69, 9.17) is 11.6 Å². The average Bonchev–Trinajstić information content (AvgIpc) is 2.46. The van der Waals surface area contributed by atoms with Crippen LogP contribution in [0.25, 0.3) is 11.1 Å². The van der Waals surface area contributed by atoms with Crippen molar-refractivity contribution in [2.24, 2.45) is 0 Å². The first-order valence-corrected chi connectivity index (χ1v) is 7.59. The Balaban J connectivity index is 2.34. The van der Waals surface area contributed by atoms with Gasteiger partial charge in [0.05, 0.1) is 0 Å². The summed E-state index contributed by atoms with van der Waals surface area (Å²) in [6, 6.07) is 15.4. The van der Waals surface area contributed by atoms with Crippen LogP contribution in [0.2, 0.25) is 5.02 Å². The normalized spacial score (nSPS) is 11.1. The fraction of sp³-hybridized carbons (Fsp3) is 0.333. The highest BCUT2D eigenvalue weighted by Gasteiger charge is 2.07. The molecule has 0 fully saturated rings. The minimum Gasteiger partial charge on any atom is -0.310 e. The predicted octanol–water partition coefficient (Wildman–Crippen LogP) is 5.07. The summed E-state index contributed by atoms with van der Waals surface area (Å²) >= 11 is 6.17. The van der Waals surface area contributed by atoms with Crippen molar-refractivity contribution in [2.75, 3.05) is 0 Å². The van der Waals surface area contributed by atoms with E-state index in [9.17, 15) is 0 Å². The van der Waals surface area contributed by atoms with Gasteiger partial charge in [0.2, 0.25) is 0 Å². The van der Waals surface area contributed by atoms with Crippen molar-refractivity contribution in [1.29, 1.82) is 0 Å². The number of nitrogens with one attached hydrogen (secondary N) is 1. The van der Waals surface area contributed by atoms with Crippen LogP contribution in [0.5, 0.6) is 0 Å². The molecule has 106 valence electrons. The van der Waals surface area contributed by atoms with Gasteiger partial charge < -0.3 is 5.32 Å². The third-order valence-corrected chi connectivity index (χ3v) is 3.68. The minimum absolute atomic E-state index is 0.473. The number of rotatable bonds is 5. The van der Waals surface area contributed by atoms with Crippen LogP contribution in [0.15, 0.2) is 42.5 Å². The van der Waals surface area contributed by atoms with Crippen LogP contribution in [0, 0.1) is 0 Å². The molecule has 20 heavy (non-hydrogen) atoms. The van der Waals surface area contributed by atoms with Crippen LogP contribution in [0.3, 0.4) is 0 Å². The highest BCUT2D eigenvalue weighted by atomic mass is 35.5. The molecule has 2 rings (SSSR count). The van der Waals surface area contributed by atoms with Crippen molar-refractivity contribution >= 4 is 11.6 Å². The number of halogens is 1. The highest BCUT2D eigenvalue weighted by molar-refractivity contribution is 6.30. The largest absolute Gasteiger partial charge is 0.310 e. The third kappa shape index (κ3) is 3.84. The summed E-state index contributed by atoms with van der Waals surface area (Å²) in [5.41, 5.74) is 5.09. The molecule has 0 saturated carbocycles. The van der Waals surface area contributed by atoms with E-state index < -0.39 is 0 Å². The number of aryl methyl sites for hydroxylation is 1. The van der Waals surface area contributed by atoms with Crippen molar-refractivity contribution < 1.29 is 0 Å². The van der Waals surface area contributed by atoms with E-state index in [1.54, 1.807) is 0 Å². The lowest BCUT2D eigenvalue weighted by Crippen LogP contribution is -2.22. The van der Waals surface area contributed by atoms with Crippen LogP contribution in [-0.4, -0.2) is 6.04 Å². The van der Waals surface area contributed by atoms with E-state index in [2.05, 4.69) is 62.5 Å². The van der Waals surface area contributed by atoms with Gasteiger partial charge >= 0.3 is 0 Å². The Kier molecular flexibility index (Phi) is 5.22. The molecule has 0 aliphatic carbocycles. The molecule has 0 saturated heterocycles. The summed E-state index contributed by atoms with van der Waals surface area (Å²) in [6.07, 6.45) is 1.07. The molecule has 0 heterocycles. The fourth-order valence-electron chi connectivity index (χ4n) is 2.21. The summed E-state index contributed by atoms with van der Waals surface area (Å²) in [4.78, 5) is 0. The van der Waals surface area contributed by atoms with Crippen LogP contribution in [0.1, 0.15) is 31.9 Å². The zero-order chi connectivity index (χ0) is 14.5. The molecule has 2 aromatic carbocycles. The van der Waals surface area contributed by atoms with Crippen molar-refractivity contribution in [3.05, 3.63) is 58.6 Å². The fourth-order valence-corrected chi connectivity index (χ4v) is 2.38. The average molecular weight is 288 g/mol. The highest BCUT2D eigenvalue weighted by Crippen LogP contribution is 2.27. The van der Waals surface area contributed by atoms with E-state index in [1.807, 2.05) is 6.07 Å². The van der Waals surface area contributed by atoms with Gasteiger partial charge in [-0.05, 0) is 40.8 Å². The van der Waals surface area contributed by atoms with Gasteiger partial charge in [0, 0.05) is 17.6 Å². The lowest BCUT2D eigenvalue weighted by molar-refractivity contribution is 0.589. The van der Waals surface area contributed by atoms with Crippen molar-refractivity contribution in [3.63, 3.8) is 0 Å². The molecule has 0 radical (unpaired) electrons. The maximum absolute atomic E-state index is 6.17. The summed E-state index contributed by atoms with van der Waals surface area (Å²) in [5, 5.41) is 4.26. The van der Waals surface area contributed by atoms with Crippen LogP contribution < -0.4 is 5.32 Å². The summed E-state index contributed by atoms with van der Waals surface area (Å²) < 4.78 is 0. The molecule has 0 unspecified atom stereocenters. The zero-order valence-electron chi connectivity index (χ0n) is 12.4. The predicted molar refractivity (Wildman–Crippen MR) is 88.2 cm³/mol. The maximum atomic E-state index is 6.17. The SMILES string of the molecule is CCc1ccc(-c2cc(Cl)ccc2CNC(C)C)cc1. The van der Waals surface area contributed by atoms with Gasteiger partial charge in [0.15, 0.2) is 0 Å². The second-order valence-electron chi connectivity index (χ2n) is 5.39.